The van der Waals surface area contributed by atoms with E-state index in [2.05, 4.69) is 32.0 Å². The third-order valence-corrected chi connectivity index (χ3v) is 8.16. The Hall–Kier alpha value is -2.79. The molecule has 5 rings (SSSR count). The Morgan fingerprint density at radius 3 is 2.60 bits per heavy atom. The number of carbonyl (C=O) groups excluding carboxylic acids is 1. The highest BCUT2D eigenvalue weighted by Gasteiger charge is 2.24. The minimum Gasteiger partial charge on any atom is -0.335 e. The summed E-state index contributed by atoms with van der Waals surface area (Å²) in [5.74, 6) is 1.26. The molecule has 0 spiro atoms. The standard InChI is InChI=1S/C24H24ClN7OS2/c1-2-30-11-13-31(14-12-30)23(33)19-15-34-21(27-19)16-35-24-29-28-22(17-7-9-26-10-8-17)32(24)20-6-4-3-5-18(20)25/h3-10,15H,2,11-14,16H2,1H3. The number of thiazole rings is 1. The summed E-state index contributed by atoms with van der Waals surface area (Å²) in [6.45, 7) is 6.47. The van der Waals surface area contributed by atoms with Gasteiger partial charge in [-0.25, -0.2) is 4.98 Å². The smallest absolute Gasteiger partial charge is 0.273 e. The third kappa shape index (κ3) is 5.25. The topological polar surface area (TPSA) is 80.0 Å². The number of rotatable bonds is 7. The van der Waals surface area contributed by atoms with Gasteiger partial charge in [-0.2, -0.15) is 0 Å². The number of piperazine rings is 1. The molecule has 35 heavy (non-hydrogen) atoms. The Morgan fingerprint density at radius 2 is 1.86 bits per heavy atom. The second-order valence-electron chi connectivity index (χ2n) is 7.97. The second-order valence-corrected chi connectivity index (χ2v) is 10.3. The van der Waals surface area contributed by atoms with Crippen LogP contribution >= 0.6 is 34.7 Å². The largest absolute Gasteiger partial charge is 0.335 e. The average Bonchev–Trinajstić information content (AvgIpc) is 3.55. The van der Waals surface area contributed by atoms with Crippen LogP contribution in [0.5, 0.6) is 0 Å². The third-order valence-electron chi connectivity index (χ3n) is 5.87. The minimum absolute atomic E-state index is 0.00691. The van der Waals surface area contributed by atoms with E-state index in [0.717, 1.165) is 49.0 Å². The Balaban J connectivity index is 1.35. The summed E-state index contributed by atoms with van der Waals surface area (Å²) < 4.78 is 1.95. The van der Waals surface area contributed by atoms with Crippen molar-refractivity contribution >= 4 is 40.6 Å². The van der Waals surface area contributed by atoms with Crippen molar-refractivity contribution in [2.24, 2.45) is 0 Å². The van der Waals surface area contributed by atoms with Crippen molar-refractivity contribution in [3.63, 3.8) is 0 Å². The molecule has 1 fully saturated rings. The zero-order valence-electron chi connectivity index (χ0n) is 19.2. The number of benzene rings is 1. The van der Waals surface area contributed by atoms with Gasteiger partial charge in [-0.1, -0.05) is 42.4 Å². The van der Waals surface area contributed by atoms with E-state index in [4.69, 9.17) is 11.6 Å². The van der Waals surface area contributed by atoms with Gasteiger partial charge in [0.2, 0.25) is 0 Å². The lowest BCUT2D eigenvalue weighted by atomic mass is 10.2. The Morgan fingerprint density at radius 1 is 1.09 bits per heavy atom. The molecular formula is C24H24ClN7OS2. The highest BCUT2D eigenvalue weighted by Crippen LogP contribution is 2.33. The molecule has 11 heteroatoms. The number of nitrogens with zero attached hydrogens (tertiary/aromatic N) is 7. The normalized spacial score (nSPS) is 14.4. The zero-order valence-corrected chi connectivity index (χ0v) is 21.6. The molecule has 3 aromatic heterocycles. The molecule has 1 aliphatic rings. The number of carbonyl (C=O) groups is 1. The molecule has 0 atom stereocenters. The molecule has 1 aromatic carbocycles. The number of para-hydroxylation sites is 1. The fourth-order valence-electron chi connectivity index (χ4n) is 3.93. The number of amides is 1. The predicted octanol–water partition coefficient (Wildman–Crippen LogP) is 4.51. The SMILES string of the molecule is CCN1CCN(C(=O)c2csc(CSc3nnc(-c4ccncc4)n3-c3ccccc3Cl)n2)CC1. The van der Waals surface area contributed by atoms with Crippen LogP contribution in [-0.4, -0.2) is 73.2 Å². The van der Waals surface area contributed by atoms with Crippen LogP contribution in [0.15, 0.2) is 59.3 Å². The number of pyridine rings is 1. The van der Waals surface area contributed by atoms with Crippen LogP contribution in [-0.2, 0) is 5.75 Å². The highest BCUT2D eigenvalue weighted by atomic mass is 35.5. The highest BCUT2D eigenvalue weighted by molar-refractivity contribution is 7.98. The van der Waals surface area contributed by atoms with E-state index in [-0.39, 0.29) is 5.91 Å². The molecule has 4 aromatic rings. The number of hydrogen-bond donors (Lipinski definition) is 0. The van der Waals surface area contributed by atoms with Gasteiger partial charge in [0.15, 0.2) is 11.0 Å². The summed E-state index contributed by atoms with van der Waals surface area (Å²) in [4.78, 5) is 25.9. The number of hydrogen-bond acceptors (Lipinski definition) is 8. The van der Waals surface area contributed by atoms with Gasteiger partial charge in [0.25, 0.3) is 5.91 Å². The molecule has 0 unspecified atom stereocenters. The van der Waals surface area contributed by atoms with E-state index < -0.39 is 0 Å². The molecule has 0 saturated carbocycles. The lowest BCUT2D eigenvalue weighted by Gasteiger charge is -2.33. The Labute approximate surface area is 217 Å². The van der Waals surface area contributed by atoms with Crippen LogP contribution in [0, 0.1) is 0 Å². The lowest BCUT2D eigenvalue weighted by Crippen LogP contribution is -2.48. The molecule has 0 radical (unpaired) electrons. The molecule has 1 saturated heterocycles. The van der Waals surface area contributed by atoms with Gasteiger partial charge in [0.05, 0.1) is 16.5 Å². The first-order chi connectivity index (χ1) is 17.1. The molecule has 0 N–H and O–H groups in total. The van der Waals surface area contributed by atoms with Crippen molar-refractivity contribution in [2.45, 2.75) is 17.8 Å². The van der Waals surface area contributed by atoms with E-state index in [0.29, 0.717) is 27.5 Å². The first-order valence-electron chi connectivity index (χ1n) is 11.3. The average molecular weight is 526 g/mol. The van der Waals surface area contributed by atoms with E-state index in [1.54, 1.807) is 12.4 Å². The summed E-state index contributed by atoms with van der Waals surface area (Å²) in [7, 11) is 0. The Kier molecular flexibility index (Phi) is 7.43. The van der Waals surface area contributed by atoms with Crippen molar-refractivity contribution in [1.29, 1.82) is 0 Å². The molecule has 0 aliphatic carbocycles. The quantitative estimate of drug-likeness (QED) is 0.328. The maximum absolute atomic E-state index is 12.9. The van der Waals surface area contributed by atoms with Gasteiger partial charge in [-0.3, -0.25) is 14.3 Å². The van der Waals surface area contributed by atoms with Gasteiger partial charge in [0.1, 0.15) is 10.7 Å². The van der Waals surface area contributed by atoms with Crippen LogP contribution in [0.4, 0.5) is 0 Å². The maximum Gasteiger partial charge on any atom is 0.273 e. The molecule has 1 aliphatic heterocycles. The number of aromatic nitrogens is 5. The van der Waals surface area contributed by atoms with Crippen molar-refractivity contribution in [3.8, 4) is 17.1 Å². The van der Waals surface area contributed by atoms with E-state index in [1.807, 2.05) is 51.2 Å². The predicted molar refractivity (Wildman–Crippen MR) is 139 cm³/mol. The summed E-state index contributed by atoms with van der Waals surface area (Å²) >= 11 is 9.55. The summed E-state index contributed by atoms with van der Waals surface area (Å²) in [6, 6.07) is 11.4. The van der Waals surface area contributed by atoms with E-state index >= 15 is 0 Å². The summed E-state index contributed by atoms with van der Waals surface area (Å²) in [6.07, 6.45) is 3.45. The van der Waals surface area contributed by atoms with Crippen LogP contribution < -0.4 is 0 Å². The maximum atomic E-state index is 12.9. The minimum atomic E-state index is 0.00691. The summed E-state index contributed by atoms with van der Waals surface area (Å²) in [5, 5.41) is 12.9. The van der Waals surface area contributed by atoms with E-state index in [1.165, 1.54) is 23.1 Å². The molecule has 8 nitrogen and oxygen atoms in total. The monoisotopic (exact) mass is 525 g/mol. The van der Waals surface area contributed by atoms with Crippen LogP contribution in [0.1, 0.15) is 22.4 Å². The van der Waals surface area contributed by atoms with Crippen LogP contribution in [0.3, 0.4) is 0 Å². The number of halogens is 1. The first-order valence-corrected chi connectivity index (χ1v) is 13.6. The Bertz CT molecular complexity index is 1300. The molecule has 1 amide bonds. The van der Waals surface area contributed by atoms with Crippen LogP contribution in [0.2, 0.25) is 5.02 Å². The van der Waals surface area contributed by atoms with E-state index in [9.17, 15) is 4.79 Å². The van der Waals surface area contributed by atoms with Gasteiger partial charge in [-0.15, -0.1) is 21.5 Å². The molecule has 0 bridgehead atoms. The zero-order chi connectivity index (χ0) is 24.2. The van der Waals surface area contributed by atoms with Gasteiger partial charge in [-0.05, 0) is 30.8 Å². The van der Waals surface area contributed by atoms with Crippen LogP contribution in [0.25, 0.3) is 17.1 Å². The number of thioether (sulfide) groups is 1. The first kappa shape index (κ1) is 23.9. The van der Waals surface area contributed by atoms with Crippen molar-refractivity contribution in [3.05, 3.63) is 69.9 Å². The van der Waals surface area contributed by atoms with Gasteiger partial charge >= 0.3 is 0 Å². The molecule has 180 valence electrons. The molecule has 4 heterocycles. The van der Waals surface area contributed by atoms with Gasteiger partial charge < -0.3 is 9.80 Å². The van der Waals surface area contributed by atoms with Gasteiger partial charge in [0, 0.05) is 49.5 Å². The van der Waals surface area contributed by atoms with Crippen molar-refractivity contribution in [1.82, 2.24) is 34.5 Å². The lowest BCUT2D eigenvalue weighted by molar-refractivity contribution is 0.0638. The summed E-state index contributed by atoms with van der Waals surface area (Å²) in [5.41, 5.74) is 2.21. The van der Waals surface area contributed by atoms with Crippen molar-refractivity contribution in [2.75, 3.05) is 32.7 Å². The number of likely N-dealkylation sites (N-methyl/N-ethyl adjacent to an activating group) is 1. The van der Waals surface area contributed by atoms with Crippen molar-refractivity contribution < 1.29 is 4.79 Å². The fourth-order valence-corrected chi connectivity index (χ4v) is 5.88. The second kappa shape index (κ2) is 10.9. The fraction of sp³-hybridized carbons (Fsp3) is 0.292. The molecular weight excluding hydrogens is 502 g/mol.